The first-order valence-corrected chi connectivity index (χ1v) is 9.95. The van der Waals surface area contributed by atoms with E-state index in [0.717, 1.165) is 44.5 Å². The zero-order chi connectivity index (χ0) is 21.2. The van der Waals surface area contributed by atoms with Crippen molar-refractivity contribution in [2.45, 2.75) is 58.0 Å². The number of aliphatic hydroxyl groups excluding tert-OH is 2. The van der Waals surface area contributed by atoms with Crippen molar-refractivity contribution in [1.29, 1.82) is 0 Å². The van der Waals surface area contributed by atoms with E-state index in [4.69, 9.17) is 15.0 Å². The third-order valence-corrected chi connectivity index (χ3v) is 5.31. The van der Waals surface area contributed by atoms with Crippen LogP contribution in [0.5, 0.6) is 0 Å². The maximum Gasteiger partial charge on any atom is 0.290 e. The van der Waals surface area contributed by atoms with Gasteiger partial charge in [0.05, 0.1) is 12.7 Å². The van der Waals surface area contributed by atoms with Gasteiger partial charge in [-0.05, 0) is 55.8 Å². The first kappa shape index (κ1) is 24.3. The Balaban J connectivity index is 0.00000122. The Labute approximate surface area is 168 Å². The molecular formula is C22H35NO5. The lowest BCUT2D eigenvalue weighted by atomic mass is 9.86. The first-order valence-electron chi connectivity index (χ1n) is 9.95. The summed E-state index contributed by atoms with van der Waals surface area (Å²) in [6.07, 6.45) is 2.70. The lowest BCUT2D eigenvalue weighted by Gasteiger charge is -2.33. The average Bonchev–Trinajstić information content (AvgIpc) is 2.68. The van der Waals surface area contributed by atoms with Crippen molar-refractivity contribution < 1.29 is 24.9 Å². The lowest BCUT2D eigenvalue weighted by Crippen LogP contribution is -2.39. The number of hydrogen-bond donors (Lipinski definition) is 3. The van der Waals surface area contributed by atoms with Gasteiger partial charge >= 0.3 is 0 Å². The van der Waals surface area contributed by atoms with Crippen LogP contribution in [0.2, 0.25) is 0 Å². The highest BCUT2D eigenvalue weighted by Crippen LogP contribution is 2.23. The van der Waals surface area contributed by atoms with Gasteiger partial charge < -0.3 is 20.2 Å². The maximum atomic E-state index is 12.3. The quantitative estimate of drug-likeness (QED) is 0.487. The van der Waals surface area contributed by atoms with Crippen LogP contribution in [0.15, 0.2) is 24.3 Å². The smallest absolute Gasteiger partial charge is 0.290 e. The molecule has 1 fully saturated rings. The van der Waals surface area contributed by atoms with Crippen LogP contribution in [-0.2, 0) is 10.2 Å². The summed E-state index contributed by atoms with van der Waals surface area (Å²) in [7, 11) is 0. The highest BCUT2D eigenvalue weighted by atomic mass is 16.3. The van der Waals surface area contributed by atoms with E-state index in [2.05, 4.69) is 37.8 Å². The van der Waals surface area contributed by atoms with E-state index in [0.29, 0.717) is 6.42 Å². The van der Waals surface area contributed by atoms with Crippen molar-refractivity contribution in [3.05, 3.63) is 35.4 Å². The second kappa shape index (κ2) is 11.9. The van der Waals surface area contributed by atoms with Crippen LogP contribution in [0.25, 0.3) is 0 Å². The number of rotatable bonds is 7. The largest absolute Gasteiger partial charge is 0.483 e. The molecule has 0 radical (unpaired) electrons. The summed E-state index contributed by atoms with van der Waals surface area (Å²) in [6, 6.07) is 8.02. The van der Waals surface area contributed by atoms with Gasteiger partial charge in [0.1, 0.15) is 0 Å². The molecule has 6 nitrogen and oxygen atoms in total. The lowest BCUT2D eigenvalue weighted by molar-refractivity contribution is -0.122. The Morgan fingerprint density at radius 2 is 1.75 bits per heavy atom. The van der Waals surface area contributed by atoms with Crippen LogP contribution < -0.4 is 0 Å². The molecule has 6 heteroatoms. The number of carbonyl (C=O) groups excluding carboxylic acids is 1. The number of Topliss-reactive ketones (excluding diaryl/α,β-unsaturated/α-hetero) is 1. The van der Waals surface area contributed by atoms with Crippen LogP contribution in [0.1, 0.15) is 62.4 Å². The zero-order valence-corrected chi connectivity index (χ0v) is 17.3. The van der Waals surface area contributed by atoms with Gasteiger partial charge in [-0.1, -0.05) is 45.0 Å². The van der Waals surface area contributed by atoms with Gasteiger partial charge in [-0.3, -0.25) is 9.59 Å². The van der Waals surface area contributed by atoms with Gasteiger partial charge in [0.15, 0.2) is 5.78 Å². The van der Waals surface area contributed by atoms with Gasteiger partial charge in [-0.25, -0.2) is 0 Å². The molecule has 28 heavy (non-hydrogen) atoms. The van der Waals surface area contributed by atoms with Crippen molar-refractivity contribution in [2.75, 3.05) is 26.2 Å². The molecule has 0 saturated carbocycles. The summed E-state index contributed by atoms with van der Waals surface area (Å²) in [5.74, 6) is 0.426. The van der Waals surface area contributed by atoms with Crippen molar-refractivity contribution in [1.82, 2.24) is 4.90 Å². The van der Waals surface area contributed by atoms with Crippen molar-refractivity contribution in [3.63, 3.8) is 0 Å². The van der Waals surface area contributed by atoms with E-state index in [1.165, 1.54) is 5.56 Å². The molecule has 1 heterocycles. The number of hydrogen-bond acceptors (Lipinski definition) is 5. The molecule has 0 spiro atoms. The molecule has 3 N–H and O–H groups in total. The predicted octanol–water partition coefficient (Wildman–Crippen LogP) is 2.71. The Morgan fingerprint density at radius 1 is 1.21 bits per heavy atom. The molecule has 0 aliphatic carbocycles. The SMILES string of the molecule is CC(C)(C)c1ccc(C(=O)CCCN2CCC(C(O)CO)CC2)cc1.O=CO. The van der Waals surface area contributed by atoms with Crippen LogP contribution in [0, 0.1) is 5.92 Å². The molecule has 1 atom stereocenters. The second-order valence-electron chi connectivity index (χ2n) is 8.39. The van der Waals surface area contributed by atoms with Gasteiger partial charge in [0.2, 0.25) is 0 Å². The Bertz CT molecular complexity index is 586. The van der Waals surface area contributed by atoms with Crippen molar-refractivity contribution in [3.8, 4) is 0 Å². The maximum absolute atomic E-state index is 12.3. The summed E-state index contributed by atoms with van der Waals surface area (Å²) in [6.45, 7) is 8.93. The Kier molecular flexibility index (Phi) is 10.4. The van der Waals surface area contributed by atoms with Gasteiger partial charge in [0, 0.05) is 12.0 Å². The van der Waals surface area contributed by atoms with Crippen molar-refractivity contribution in [2.24, 2.45) is 5.92 Å². The van der Waals surface area contributed by atoms with Crippen LogP contribution in [0.4, 0.5) is 0 Å². The molecule has 0 aromatic heterocycles. The number of carbonyl (C=O) groups is 2. The summed E-state index contributed by atoms with van der Waals surface area (Å²) >= 11 is 0. The fraction of sp³-hybridized carbons (Fsp3) is 0.636. The summed E-state index contributed by atoms with van der Waals surface area (Å²) in [5.41, 5.74) is 2.16. The minimum Gasteiger partial charge on any atom is -0.483 e. The van der Waals surface area contributed by atoms with Gasteiger partial charge in [-0.15, -0.1) is 0 Å². The Hall–Kier alpha value is -1.76. The fourth-order valence-corrected chi connectivity index (χ4v) is 3.47. The Morgan fingerprint density at radius 3 is 2.21 bits per heavy atom. The van der Waals surface area contributed by atoms with E-state index in [1.807, 2.05) is 12.1 Å². The summed E-state index contributed by atoms with van der Waals surface area (Å²) < 4.78 is 0. The predicted molar refractivity (Wildman–Crippen MR) is 110 cm³/mol. The number of piperidine rings is 1. The topological polar surface area (TPSA) is 98.1 Å². The second-order valence-corrected chi connectivity index (χ2v) is 8.39. The molecular weight excluding hydrogens is 358 g/mol. The van der Waals surface area contributed by atoms with E-state index in [-0.39, 0.29) is 30.2 Å². The number of aliphatic hydroxyl groups is 2. The van der Waals surface area contributed by atoms with E-state index in [1.54, 1.807) is 0 Å². The third kappa shape index (κ3) is 8.09. The zero-order valence-electron chi connectivity index (χ0n) is 17.3. The molecule has 1 aromatic carbocycles. The number of nitrogens with zero attached hydrogens (tertiary/aromatic N) is 1. The molecule has 158 valence electrons. The van der Waals surface area contributed by atoms with Gasteiger partial charge in [0.25, 0.3) is 6.47 Å². The minimum absolute atomic E-state index is 0.108. The van der Waals surface area contributed by atoms with Crippen LogP contribution in [0.3, 0.4) is 0 Å². The first-order chi connectivity index (χ1) is 13.2. The van der Waals surface area contributed by atoms with E-state index >= 15 is 0 Å². The highest BCUT2D eigenvalue weighted by molar-refractivity contribution is 5.96. The normalized spacial score (nSPS) is 16.8. The minimum atomic E-state index is -0.584. The molecule has 1 unspecified atom stereocenters. The number of carboxylic acid groups (broad SMARTS) is 1. The number of ketones is 1. The van der Waals surface area contributed by atoms with Crippen LogP contribution >= 0.6 is 0 Å². The average molecular weight is 394 g/mol. The molecule has 0 bridgehead atoms. The van der Waals surface area contributed by atoms with E-state index in [9.17, 15) is 9.90 Å². The number of benzene rings is 1. The standard InChI is InChI=1S/C21H33NO3.CH2O2/c1-21(2,3)18-8-6-16(7-9-18)19(24)5-4-12-22-13-10-17(11-14-22)20(25)15-23;2-1-3/h6-9,17,20,23,25H,4-5,10-15H2,1-3H3;1H,(H,2,3). The molecule has 1 aliphatic heterocycles. The summed E-state index contributed by atoms with van der Waals surface area (Å²) in [4.78, 5) is 23.1. The van der Waals surface area contributed by atoms with Gasteiger partial charge in [-0.2, -0.15) is 0 Å². The third-order valence-electron chi connectivity index (χ3n) is 5.31. The summed E-state index contributed by atoms with van der Waals surface area (Å²) in [5, 5.41) is 25.6. The molecule has 1 saturated heterocycles. The van der Waals surface area contributed by atoms with Crippen LogP contribution in [-0.4, -0.2) is 64.8 Å². The monoisotopic (exact) mass is 393 g/mol. The molecule has 1 aromatic rings. The molecule has 0 amide bonds. The molecule has 1 aliphatic rings. The highest BCUT2D eigenvalue weighted by Gasteiger charge is 2.24. The van der Waals surface area contributed by atoms with Crippen molar-refractivity contribution >= 4 is 12.3 Å². The molecule has 2 rings (SSSR count). The fourth-order valence-electron chi connectivity index (χ4n) is 3.47. The van der Waals surface area contributed by atoms with E-state index < -0.39 is 6.10 Å². The number of likely N-dealkylation sites (tertiary alicyclic amines) is 1.